The molecular weight excluding hydrogens is 454 g/mol. The second kappa shape index (κ2) is 11.7. The summed E-state index contributed by atoms with van der Waals surface area (Å²) in [6, 6.07) is 15.7. The molecule has 0 aliphatic carbocycles. The molecule has 0 spiro atoms. The van der Waals surface area contributed by atoms with Crippen LogP contribution >= 0.6 is 7.60 Å². The normalized spacial score (nSPS) is 11.6. The molecule has 3 aromatic rings. The molecular formula is C27H32FO5P. The molecule has 0 unspecified atom stereocenters. The van der Waals surface area contributed by atoms with E-state index in [4.69, 9.17) is 13.8 Å². The van der Waals surface area contributed by atoms with Gasteiger partial charge in [0.25, 0.3) is 0 Å². The summed E-state index contributed by atoms with van der Waals surface area (Å²) in [5.41, 5.74) is 6.04. The molecule has 0 fully saturated rings. The molecule has 0 saturated heterocycles. The summed E-state index contributed by atoms with van der Waals surface area (Å²) in [7, 11) is -3.29. The van der Waals surface area contributed by atoms with Gasteiger partial charge in [-0.1, -0.05) is 24.3 Å². The van der Waals surface area contributed by atoms with E-state index >= 15 is 0 Å². The number of hydrogen-bond acceptors (Lipinski definition) is 5. The second-order valence-electron chi connectivity index (χ2n) is 8.20. The van der Waals surface area contributed by atoms with Crippen molar-refractivity contribution in [2.24, 2.45) is 0 Å². The molecule has 0 bridgehead atoms. The standard InChI is InChI=1S/C27H32FO5P/c1-5-32-34(30,33-6-2)18-31-25-13-19(3)26(20(4)14-25)17-22-9-12-27(29)23(16-22)15-21-7-10-24(28)11-8-21/h7-14,16,29H,5-6,15,17-18H2,1-4H3. The molecule has 1 N–H and O–H groups in total. The van der Waals surface area contributed by atoms with Gasteiger partial charge < -0.3 is 18.9 Å². The highest BCUT2D eigenvalue weighted by molar-refractivity contribution is 7.53. The van der Waals surface area contributed by atoms with Crippen LogP contribution in [-0.4, -0.2) is 24.7 Å². The van der Waals surface area contributed by atoms with Crippen LogP contribution < -0.4 is 4.74 Å². The van der Waals surface area contributed by atoms with Gasteiger partial charge in [-0.2, -0.15) is 0 Å². The maximum absolute atomic E-state index is 13.2. The average Bonchev–Trinajstić information content (AvgIpc) is 2.79. The molecule has 3 rings (SSSR count). The van der Waals surface area contributed by atoms with Crippen LogP contribution in [0.1, 0.15) is 47.2 Å². The maximum atomic E-state index is 13.2. The van der Waals surface area contributed by atoms with Gasteiger partial charge in [-0.05, 0) is 97.8 Å². The summed E-state index contributed by atoms with van der Waals surface area (Å²) in [5, 5.41) is 10.3. The Bertz CT molecular complexity index is 1130. The van der Waals surface area contributed by atoms with Crippen LogP contribution in [0.2, 0.25) is 0 Å². The van der Waals surface area contributed by atoms with Gasteiger partial charge in [0.05, 0.1) is 13.2 Å². The van der Waals surface area contributed by atoms with Crippen LogP contribution in [0.4, 0.5) is 4.39 Å². The molecule has 5 nitrogen and oxygen atoms in total. The van der Waals surface area contributed by atoms with Crippen LogP contribution in [-0.2, 0) is 26.5 Å². The van der Waals surface area contributed by atoms with Gasteiger partial charge >= 0.3 is 7.60 Å². The van der Waals surface area contributed by atoms with Crippen LogP contribution in [0.25, 0.3) is 0 Å². The first-order chi connectivity index (χ1) is 16.2. The van der Waals surface area contributed by atoms with Crippen molar-refractivity contribution >= 4 is 7.60 Å². The zero-order valence-corrected chi connectivity index (χ0v) is 21.0. The maximum Gasteiger partial charge on any atom is 0.367 e. The highest BCUT2D eigenvalue weighted by Gasteiger charge is 2.25. The zero-order valence-electron chi connectivity index (χ0n) is 20.1. The van der Waals surface area contributed by atoms with Crippen molar-refractivity contribution in [3.8, 4) is 11.5 Å². The Morgan fingerprint density at radius 1 is 0.853 bits per heavy atom. The lowest BCUT2D eigenvalue weighted by molar-refractivity contribution is 0.197. The lowest BCUT2D eigenvalue weighted by atomic mass is 9.93. The minimum atomic E-state index is -3.29. The fourth-order valence-electron chi connectivity index (χ4n) is 3.89. The van der Waals surface area contributed by atoms with Crippen molar-refractivity contribution in [3.05, 3.63) is 93.8 Å². The van der Waals surface area contributed by atoms with Gasteiger partial charge in [-0.25, -0.2) is 4.39 Å². The monoisotopic (exact) mass is 486 g/mol. The third kappa shape index (κ3) is 6.92. The number of benzene rings is 3. The van der Waals surface area contributed by atoms with Gasteiger partial charge in [0.15, 0.2) is 6.35 Å². The molecule has 182 valence electrons. The van der Waals surface area contributed by atoms with Gasteiger partial charge in [0, 0.05) is 6.42 Å². The minimum absolute atomic E-state index is 0.141. The first-order valence-electron chi connectivity index (χ1n) is 11.4. The summed E-state index contributed by atoms with van der Waals surface area (Å²) in [5.74, 6) is 0.554. The van der Waals surface area contributed by atoms with E-state index in [-0.39, 0.29) is 31.1 Å². The number of phenolic OH excluding ortho intramolecular Hbond substituents is 1. The molecule has 0 amide bonds. The highest BCUT2D eigenvalue weighted by atomic mass is 31.2. The summed E-state index contributed by atoms with van der Waals surface area (Å²) < 4.78 is 42.2. The number of hydrogen-bond donors (Lipinski definition) is 1. The Kier molecular flexibility index (Phi) is 8.90. The lowest BCUT2D eigenvalue weighted by Crippen LogP contribution is -2.06. The van der Waals surface area contributed by atoms with Crippen molar-refractivity contribution in [2.75, 3.05) is 19.6 Å². The molecule has 3 aromatic carbocycles. The fraction of sp³-hybridized carbons (Fsp3) is 0.333. The highest BCUT2D eigenvalue weighted by Crippen LogP contribution is 2.48. The first kappa shape index (κ1) is 26.0. The molecule has 0 atom stereocenters. The van der Waals surface area contributed by atoms with E-state index in [0.717, 1.165) is 33.4 Å². The number of ether oxygens (including phenoxy) is 1. The van der Waals surface area contributed by atoms with Crippen molar-refractivity contribution in [1.82, 2.24) is 0 Å². The molecule has 34 heavy (non-hydrogen) atoms. The summed E-state index contributed by atoms with van der Waals surface area (Å²) in [4.78, 5) is 0. The van der Waals surface area contributed by atoms with Crippen LogP contribution in [0.3, 0.4) is 0 Å². The number of phenols is 1. The first-order valence-corrected chi connectivity index (χ1v) is 13.1. The van der Waals surface area contributed by atoms with Crippen LogP contribution in [0, 0.1) is 19.7 Å². The van der Waals surface area contributed by atoms with Crippen LogP contribution in [0.5, 0.6) is 11.5 Å². The van der Waals surface area contributed by atoms with E-state index in [1.54, 1.807) is 32.0 Å². The predicted octanol–water partition coefficient (Wildman–Crippen LogP) is 6.93. The van der Waals surface area contributed by atoms with E-state index in [2.05, 4.69) is 0 Å². The summed E-state index contributed by atoms with van der Waals surface area (Å²) in [6.07, 6.45) is 1.06. The molecule has 7 heteroatoms. The lowest BCUT2D eigenvalue weighted by Gasteiger charge is -2.19. The molecule has 0 aromatic heterocycles. The third-order valence-corrected chi connectivity index (χ3v) is 7.29. The summed E-state index contributed by atoms with van der Waals surface area (Å²) >= 11 is 0. The molecule has 0 aliphatic rings. The number of halogens is 1. The Labute approximate surface area is 201 Å². The number of aromatic hydroxyl groups is 1. The topological polar surface area (TPSA) is 65.0 Å². The van der Waals surface area contributed by atoms with E-state index in [1.807, 2.05) is 38.1 Å². The fourth-order valence-corrected chi connectivity index (χ4v) is 5.21. The van der Waals surface area contributed by atoms with E-state index in [1.165, 1.54) is 12.1 Å². The minimum Gasteiger partial charge on any atom is -0.508 e. The van der Waals surface area contributed by atoms with Gasteiger partial charge in [-0.15, -0.1) is 0 Å². The van der Waals surface area contributed by atoms with E-state index < -0.39 is 7.60 Å². The quantitative estimate of drug-likeness (QED) is 0.298. The van der Waals surface area contributed by atoms with Crippen molar-refractivity contribution < 1.29 is 27.8 Å². The predicted molar refractivity (Wildman–Crippen MR) is 132 cm³/mol. The SMILES string of the molecule is CCOP(=O)(COc1cc(C)c(Cc2ccc(O)c(Cc3ccc(F)cc3)c2)c(C)c1)OCC. The van der Waals surface area contributed by atoms with Crippen molar-refractivity contribution in [3.63, 3.8) is 0 Å². The molecule has 0 saturated carbocycles. The molecule has 0 radical (unpaired) electrons. The van der Waals surface area contributed by atoms with Gasteiger partial charge in [-0.3, -0.25) is 4.57 Å². The smallest absolute Gasteiger partial charge is 0.367 e. The third-order valence-electron chi connectivity index (χ3n) is 5.54. The summed E-state index contributed by atoms with van der Waals surface area (Å²) in [6.45, 7) is 8.13. The number of aryl methyl sites for hydroxylation is 2. The Morgan fingerprint density at radius 3 is 2.03 bits per heavy atom. The van der Waals surface area contributed by atoms with E-state index in [0.29, 0.717) is 18.6 Å². The Balaban J connectivity index is 1.75. The molecule has 0 aliphatic heterocycles. The largest absolute Gasteiger partial charge is 0.508 e. The Hall–Kier alpha value is -2.66. The van der Waals surface area contributed by atoms with E-state index in [9.17, 15) is 14.1 Å². The second-order valence-corrected chi connectivity index (χ2v) is 10.2. The Morgan fingerprint density at radius 2 is 1.44 bits per heavy atom. The zero-order chi connectivity index (χ0) is 24.7. The van der Waals surface area contributed by atoms with Gasteiger partial charge in [0.2, 0.25) is 0 Å². The van der Waals surface area contributed by atoms with Crippen molar-refractivity contribution in [1.29, 1.82) is 0 Å². The van der Waals surface area contributed by atoms with Crippen molar-refractivity contribution in [2.45, 2.75) is 40.5 Å². The average molecular weight is 487 g/mol. The van der Waals surface area contributed by atoms with Crippen LogP contribution in [0.15, 0.2) is 54.6 Å². The number of rotatable bonds is 11. The van der Waals surface area contributed by atoms with Gasteiger partial charge in [0.1, 0.15) is 17.3 Å². The molecule has 0 heterocycles.